The van der Waals surface area contributed by atoms with E-state index in [-0.39, 0.29) is 20.7 Å². The zero-order valence-corrected chi connectivity index (χ0v) is 11.1. The number of sulfonamides is 1. The van der Waals surface area contributed by atoms with Gasteiger partial charge in [-0.05, 0) is 12.1 Å². The lowest BCUT2D eigenvalue weighted by Crippen LogP contribution is -2.14. The van der Waals surface area contributed by atoms with Gasteiger partial charge in [-0.1, -0.05) is 11.6 Å². The van der Waals surface area contributed by atoms with Crippen molar-refractivity contribution in [3.05, 3.63) is 34.5 Å². The first-order valence-electron chi connectivity index (χ1n) is 4.57. The van der Waals surface area contributed by atoms with Gasteiger partial charge in [0.25, 0.3) is 10.0 Å². The summed E-state index contributed by atoms with van der Waals surface area (Å²) in [5, 5.41) is 1.55. The molecule has 0 aliphatic heterocycles. The summed E-state index contributed by atoms with van der Waals surface area (Å²) >= 11 is 6.80. The van der Waals surface area contributed by atoms with E-state index in [1.54, 1.807) is 5.38 Å². The molecule has 0 aliphatic carbocycles. The van der Waals surface area contributed by atoms with Crippen molar-refractivity contribution in [2.45, 2.75) is 4.90 Å². The summed E-state index contributed by atoms with van der Waals surface area (Å²) in [6.07, 6.45) is 1.45. The van der Waals surface area contributed by atoms with Crippen LogP contribution < -0.4 is 10.5 Å². The van der Waals surface area contributed by atoms with Gasteiger partial charge in [0, 0.05) is 11.6 Å². The molecule has 0 fully saturated rings. The van der Waals surface area contributed by atoms with Crippen LogP contribution in [-0.4, -0.2) is 13.4 Å². The van der Waals surface area contributed by atoms with Crippen molar-refractivity contribution in [3.8, 4) is 0 Å². The average molecular weight is 308 g/mol. The van der Waals surface area contributed by atoms with Crippen LogP contribution in [0.4, 0.5) is 15.2 Å². The number of nitrogen functional groups attached to an aromatic ring is 1. The third kappa shape index (κ3) is 2.55. The molecule has 0 bridgehead atoms. The number of hydrogen-bond acceptors (Lipinski definition) is 5. The number of nitrogens with two attached hydrogens (primary N) is 1. The van der Waals surface area contributed by atoms with E-state index in [1.807, 2.05) is 0 Å². The van der Waals surface area contributed by atoms with Gasteiger partial charge in [0.15, 0.2) is 5.13 Å². The van der Waals surface area contributed by atoms with Crippen LogP contribution in [0.15, 0.2) is 28.6 Å². The number of halogens is 2. The maximum Gasteiger partial charge on any atom is 0.265 e. The smallest absolute Gasteiger partial charge is 0.265 e. The molecule has 2 rings (SSSR count). The first kappa shape index (κ1) is 13.1. The molecule has 0 atom stereocenters. The highest BCUT2D eigenvalue weighted by atomic mass is 35.5. The minimum absolute atomic E-state index is 0.189. The van der Waals surface area contributed by atoms with E-state index in [4.69, 9.17) is 17.3 Å². The topological polar surface area (TPSA) is 85.1 Å². The lowest BCUT2D eigenvalue weighted by molar-refractivity contribution is 0.600. The molecule has 18 heavy (non-hydrogen) atoms. The lowest BCUT2D eigenvalue weighted by atomic mass is 10.3. The Hall–Kier alpha value is -1.38. The number of nitrogens with zero attached hydrogens (tertiary/aromatic N) is 1. The van der Waals surface area contributed by atoms with Crippen molar-refractivity contribution in [3.63, 3.8) is 0 Å². The molecule has 0 radical (unpaired) electrons. The Kier molecular flexibility index (Phi) is 3.42. The molecule has 1 aromatic carbocycles. The molecule has 3 N–H and O–H groups in total. The SMILES string of the molecule is Nc1cc(S(=O)(=O)Nc2nccs2)c(Cl)cc1F. The third-order valence-electron chi connectivity index (χ3n) is 1.99. The molecule has 1 aromatic heterocycles. The fourth-order valence-electron chi connectivity index (χ4n) is 1.19. The van der Waals surface area contributed by atoms with Crippen LogP contribution >= 0.6 is 22.9 Å². The normalized spacial score (nSPS) is 11.4. The molecule has 5 nitrogen and oxygen atoms in total. The molecule has 0 aliphatic rings. The predicted molar refractivity (Wildman–Crippen MR) is 68.7 cm³/mol. The summed E-state index contributed by atoms with van der Waals surface area (Å²) in [4.78, 5) is 3.48. The predicted octanol–water partition coefficient (Wildman–Crippen LogP) is 2.32. The van der Waals surface area contributed by atoms with Gasteiger partial charge >= 0.3 is 0 Å². The highest BCUT2D eigenvalue weighted by molar-refractivity contribution is 7.93. The first-order chi connectivity index (χ1) is 8.40. The molecular formula is C9H7ClFN3O2S2. The number of hydrogen-bond donors (Lipinski definition) is 2. The number of thiazole rings is 1. The molecule has 0 unspecified atom stereocenters. The fraction of sp³-hybridized carbons (Fsp3) is 0. The Morgan fingerprint density at radius 1 is 1.44 bits per heavy atom. The van der Waals surface area contributed by atoms with E-state index >= 15 is 0 Å². The highest BCUT2D eigenvalue weighted by Gasteiger charge is 2.21. The van der Waals surface area contributed by atoms with E-state index in [1.165, 1.54) is 6.20 Å². The van der Waals surface area contributed by atoms with Crippen LogP contribution in [0.2, 0.25) is 5.02 Å². The van der Waals surface area contributed by atoms with Gasteiger partial charge in [-0.3, -0.25) is 4.72 Å². The van der Waals surface area contributed by atoms with E-state index in [9.17, 15) is 12.8 Å². The zero-order chi connectivity index (χ0) is 13.3. The molecule has 0 spiro atoms. The monoisotopic (exact) mass is 307 g/mol. The Morgan fingerprint density at radius 3 is 2.78 bits per heavy atom. The summed E-state index contributed by atoms with van der Waals surface area (Å²) in [6.45, 7) is 0. The number of anilines is 2. The second-order valence-electron chi connectivity index (χ2n) is 3.25. The van der Waals surface area contributed by atoms with Gasteiger partial charge in [-0.25, -0.2) is 17.8 Å². The van der Waals surface area contributed by atoms with Crippen LogP contribution in [0.3, 0.4) is 0 Å². The quantitative estimate of drug-likeness (QED) is 0.852. The average Bonchev–Trinajstić information content (AvgIpc) is 2.75. The standard InChI is InChI=1S/C9H7ClFN3O2S2/c10-5-3-6(11)7(12)4-8(5)18(15,16)14-9-13-1-2-17-9/h1-4H,12H2,(H,13,14). The van der Waals surface area contributed by atoms with Crippen LogP contribution in [0.25, 0.3) is 0 Å². The molecule has 1 heterocycles. The van der Waals surface area contributed by atoms with Gasteiger partial charge in [0.05, 0.1) is 10.7 Å². The van der Waals surface area contributed by atoms with Crippen LogP contribution in [-0.2, 0) is 10.0 Å². The summed E-state index contributed by atoms with van der Waals surface area (Å²) in [6, 6.07) is 1.82. The van der Waals surface area contributed by atoms with E-state index in [0.29, 0.717) is 0 Å². The van der Waals surface area contributed by atoms with Crippen LogP contribution in [0.1, 0.15) is 0 Å². The number of nitrogens with one attached hydrogen (secondary N) is 1. The van der Waals surface area contributed by atoms with Crippen molar-refractivity contribution in [2.75, 3.05) is 10.5 Å². The molecule has 0 saturated heterocycles. The Balaban J connectivity index is 2.44. The Bertz CT molecular complexity index is 673. The molecule has 0 amide bonds. The molecule has 2 aromatic rings. The fourth-order valence-corrected chi connectivity index (χ4v) is 3.53. The first-order valence-corrected chi connectivity index (χ1v) is 7.31. The van der Waals surface area contributed by atoms with E-state index in [2.05, 4.69) is 9.71 Å². The van der Waals surface area contributed by atoms with Gasteiger partial charge in [0.1, 0.15) is 10.7 Å². The van der Waals surface area contributed by atoms with Gasteiger partial charge in [-0.15, -0.1) is 11.3 Å². The summed E-state index contributed by atoms with van der Waals surface area (Å²) in [7, 11) is -3.93. The van der Waals surface area contributed by atoms with Gasteiger partial charge in [-0.2, -0.15) is 0 Å². The van der Waals surface area contributed by atoms with E-state index in [0.717, 1.165) is 23.5 Å². The minimum atomic E-state index is -3.93. The summed E-state index contributed by atoms with van der Waals surface area (Å²) < 4.78 is 39.3. The summed E-state index contributed by atoms with van der Waals surface area (Å²) in [5.74, 6) is -0.770. The van der Waals surface area contributed by atoms with E-state index < -0.39 is 15.8 Å². The second kappa shape index (κ2) is 4.71. The van der Waals surface area contributed by atoms with Gasteiger partial charge < -0.3 is 5.73 Å². The number of rotatable bonds is 3. The zero-order valence-electron chi connectivity index (χ0n) is 8.72. The Morgan fingerprint density at radius 2 is 2.17 bits per heavy atom. The molecule has 96 valence electrons. The maximum atomic E-state index is 13.1. The van der Waals surface area contributed by atoms with Crippen molar-refractivity contribution in [1.29, 1.82) is 0 Å². The molecule has 9 heteroatoms. The number of benzene rings is 1. The number of aromatic nitrogens is 1. The van der Waals surface area contributed by atoms with Crippen molar-refractivity contribution >= 4 is 43.8 Å². The summed E-state index contributed by atoms with van der Waals surface area (Å²) in [5.41, 5.74) is 5.03. The van der Waals surface area contributed by atoms with Crippen molar-refractivity contribution in [1.82, 2.24) is 4.98 Å². The van der Waals surface area contributed by atoms with Gasteiger partial charge in [0.2, 0.25) is 0 Å². The third-order valence-corrected chi connectivity index (χ3v) is 4.62. The maximum absolute atomic E-state index is 13.1. The Labute approximate surface area is 111 Å². The van der Waals surface area contributed by atoms with Crippen LogP contribution in [0, 0.1) is 5.82 Å². The van der Waals surface area contributed by atoms with Crippen molar-refractivity contribution in [2.24, 2.45) is 0 Å². The highest BCUT2D eigenvalue weighted by Crippen LogP contribution is 2.28. The second-order valence-corrected chi connectivity index (χ2v) is 6.20. The lowest BCUT2D eigenvalue weighted by Gasteiger charge is -2.08. The largest absolute Gasteiger partial charge is 0.396 e. The van der Waals surface area contributed by atoms with Crippen molar-refractivity contribution < 1.29 is 12.8 Å². The van der Waals surface area contributed by atoms with Crippen LogP contribution in [0.5, 0.6) is 0 Å². The minimum Gasteiger partial charge on any atom is -0.396 e. The molecular weight excluding hydrogens is 301 g/mol. The molecule has 0 saturated carbocycles.